The molecule has 0 radical (unpaired) electrons. The molecule has 74 valence electrons. The van der Waals surface area contributed by atoms with Crippen LogP contribution in [0, 0.1) is 6.92 Å². The molecule has 2 saturated carbocycles. The van der Waals surface area contributed by atoms with Crippen molar-refractivity contribution in [3.05, 3.63) is 23.4 Å². The zero-order valence-corrected chi connectivity index (χ0v) is 8.49. The highest BCUT2D eigenvalue weighted by molar-refractivity contribution is 5.32. The second-order valence-corrected chi connectivity index (χ2v) is 4.48. The molecule has 0 spiro atoms. The summed E-state index contributed by atoms with van der Waals surface area (Å²) in [7, 11) is 0. The fourth-order valence-electron chi connectivity index (χ4n) is 1.69. The number of hydrogen-bond acceptors (Lipinski definition) is 2. The number of ether oxygens (including phenoxy) is 1. The summed E-state index contributed by atoms with van der Waals surface area (Å²) < 4.78 is 5.70. The fraction of sp³-hybridized carbons (Fsp3) is 0.583. The van der Waals surface area contributed by atoms with Crippen molar-refractivity contribution < 1.29 is 4.74 Å². The lowest BCUT2D eigenvalue weighted by Crippen LogP contribution is -2.00. The van der Waals surface area contributed by atoms with Crippen molar-refractivity contribution in [1.29, 1.82) is 0 Å². The van der Waals surface area contributed by atoms with Crippen LogP contribution in [-0.4, -0.2) is 11.1 Å². The van der Waals surface area contributed by atoms with Crippen LogP contribution < -0.4 is 4.74 Å². The number of aryl methyl sites for hydroxylation is 1. The Bertz CT molecular complexity index is 353. The molecule has 1 aromatic rings. The van der Waals surface area contributed by atoms with E-state index in [0.717, 1.165) is 11.8 Å². The van der Waals surface area contributed by atoms with Gasteiger partial charge in [-0.15, -0.1) is 0 Å². The van der Waals surface area contributed by atoms with E-state index >= 15 is 0 Å². The zero-order chi connectivity index (χ0) is 9.54. The predicted octanol–water partition coefficient (Wildman–Crippen LogP) is 2.81. The summed E-state index contributed by atoms with van der Waals surface area (Å²) in [6.45, 7) is 2.09. The van der Waals surface area contributed by atoms with Crippen LogP contribution >= 0.6 is 0 Å². The summed E-state index contributed by atoms with van der Waals surface area (Å²) in [4.78, 5) is 4.40. The molecule has 0 bridgehead atoms. The summed E-state index contributed by atoms with van der Waals surface area (Å²) >= 11 is 0. The molecule has 1 aromatic heterocycles. The zero-order valence-electron chi connectivity index (χ0n) is 8.49. The molecule has 0 amide bonds. The van der Waals surface area contributed by atoms with Gasteiger partial charge in [-0.2, -0.15) is 0 Å². The first kappa shape index (κ1) is 8.27. The summed E-state index contributed by atoms with van der Waals surface area (Å²) in [6.07, 6.45) is 7.51. The molecule has 2 nitrogen and oxygen atoms in total. The van der Waals surface area contributed by atoms with E-state index in [4.69, 9.17) is 4.74 Å². The SMILES string of the molecule is Cc1cc(C2CC2)cnc1OC1CC1. The third kappa shape index (κ3) is 1.61. The summed E-state index contributed by atoms with van der Waals surface area (Å²) in [5, 5.41) is 0. The van der Waals surface area contributed by atoms with Gasteiger partial charge in [-0.25, -0.2) is 4.98 Å². The summed E-state index contributed by atoms with van der Waals surface area (Å²) in [6, 6.07) is 2.24. The molecule has 14 heavy (non-hydrogen) atoms. The maximum atomic E-state index is 5.70. The largest absolute Gasteiger partial charge is 0.474 e. The van der Waals surface area contributed by atoms with Gasteiger partial charge in [0, 0.05) is 11.8 Å². The monoisotopic (exact) mass is 189 g/mol. The van der Waals surface area contributed by atoms with E-state index in [9.17, 15) is 0 Å². The molecule has 2 aliphatic rings. The van der Waals surface area contributed by atoms with Crippen LogP contribution in [0.5, 0.6) is 5.88 Å². The molecule has 2 aliphatic carbocycles. The molecule has 2 fully saturated rings. The molecule has 0 atom stereocenters. The Balaban J connectivity index is 1.82. The van der Waals surface area contributed by atoms with Crippen molar-refractivity contribution >= 4 is 0 Å². The first-order valence-electron chi connectivity index (χ1n) is 5.46. The topological polar surface area (TPSA) is 22.1 Å². The lowest BCUT2D eigenvalue weighted by molar-refractivity contribution is 0.288. The van der Waals surface area contributed by atoms with E-state index in [0.29, 0.717) is 6.10 Å². The van der Waals surface area contributed by atoms with Gasteiger partial charge in [-0.1, -0.05) is 0 Å². The molecule has 0 N–H and O–H groups in total. The Kier molecular flexibility index (Phi) is 1.76. The molecular formula is C12H15NO. The Morgan fingerprint density at radius 2 is 2.07 bits per heavy atom. The number of aromatic nitrogens is 1. The highest BCUT2D eigenvalue weighted by Gasteiger charge is 2.27. The third-order valence-corrected chi connectivity index (χ3v) is 2.90. The molecule has 2 heteroatoms. The van der Waals surface area contributed by atoms with Gasteiger partial charge in [0.05, 0.1) is 0 Å². The van der Waals surface area contributed by atoms with Gasteiger partial charge in [0.1, 0.15) is 6.10 Å². The van der Waals surface area contributed by atoms with Crippen LogP contribution in [0.3, 0.4) is 0 Å². The second kappa shape index (κ2) is 2.97. The maximum Gasteiger partial charge on any atom is 0.216 e. The van der Waals surface area contributed by atoms with Crippen molar-refractivity contribution in [3.63, 3.8) is 0 Å². The highest BCUT2D eigenvalue weighted by Crippen LogP contribution is 2.40. The number of hydrogen-bond donors (Lipinski definition) is 0. The van der Waals surface area contributed by atoms with Crippen LogP contribution in [0.1, 0.15) is 42.7 Å². The van der Waals surface area contributed by atoms with Gasteiger partial charge in [0.15, 0.2) is 0 Å². The third-order valence-electron chi connectivity index (χ3n) is 2.90. The lowest BCUT2D eigenvalue weighted by atomic mass is 10.1. The van der Waals surface area contributed by atoms with Crippen LogP contribution in [0.2, 0.25) is 0 Å². The summed E-state index contributed by atoms with van der Waals surface area (Å²) in [5.74, 6) is 1.63. The molecule has 1 heterocycles. The minimum Gasteiger partial charge on any atom is -0.474 e. The van der Waals surface area contributed by atoms with E-state index in [1.54, 1.807) is 0 Å². The van der Waals surface area contributed by atoms with E-state index in [1.807, 2.05) is 6.20 Å². The van der Waals surface area contributed by atoms with Gasteiger partial charge in [0.25, 0.3) is 0 Å². The van der Waals surface area contributed by atoms with E-state index in [1.165, 1.54) is 36.8 Å². The normalized spacial score (nSPS) is 20.9. The number of nitrogens with zero attached hydrogens (tertiary/aromatic N) is 1. The lowest BCUT2D eigenvalue weighted by Gasteiger charge is -2.07. The van der Waals surface area contributed by atoms with Gasteiger partial charge in [-0.05, 0) is 50.2 Å². The standard InChI is InChI=1S/C12H15NO/c1-8-6-10(9-2-3-9)7-13-12(8)14-11-4-5-11/h6-7,9,11H,2-5H2,1H3. The van der Waals surface area contributed by atoms with Gasteiger partial charge in [-0.3, -0.25) is 0 Å². The van der Waals surface area contributed by atoms with Crippen molar-refractivity contribution in [2.45, 2.75) is 44.6 Å². The van der Waals surface area contributed by atoms with Crippen molar-refractivity contribution in [3.8, 4) is 5.88 Å². The molecule has 3 rings (SSSR count). The Hall–Kier alpha value is -1.05. The van der Waals surface area contributed by atoms with Crippen LogP contribution in [0.15, 0.2) is 12.3 Å². The van der Waals surface area contributed by atoms with Crippen molar-refractivity contribution in [1.82, 2.24) is 4.98 Å². The van der Waals surface area contributed by atoms with Gasteiger partial charge < -0.3 is 4.74 Å². The van der Waals surface area contributed by atoms with Crippen LogP contribution in [0.4, 0.5) is 0 Å². The quantitative estimate of drug-likeness (QED) is 0.729. The number of rotatable bonds is 3. The molecule has 0 aromatic carbocycles. The molecule has 0 saturated heterocycles. The van der Waals surface area contributed by atoms with Crippen molar-refractivity contribution in [2.24, 2.45) is 0 Å². The van der Waals surface area contributed by atoms with Gasteiger partial charge >= 0.3 is 0 Å². The Morgan fingerprint density at radius 3 is 2.64 bits per heavy atom. The number of pyridine rings is 1. The summed E-state index contributed by atoms with van der Waals surface area (Å²) in [5.41, 5.74) is 2.59. The predicted molar refractivity (Wildman–Crippen MR) is 54.6 cm³/mol. The average Bonchev–Trinajstić information content (AvgIpc) is 3.02. The Morgan fingerprint density at radius 1 is 1.29 bits per heavy atom. The van der Waals surface area contributed by atoms with E-state index in [-0.39, 0.29) is 0 Å². The minimum atomic E-state index is 0.452. The molecular weight excluding hydrogens is 174 g/mol. The minimum absolute atomic E-state index is 0.452. The van der Waals surface area contributed by atoms with Crippen molar-refractivity contribution in [2.75, 3.05) is 0 Å². The molecule has 0 unspecified atom stereocenters. The second-order valence-electron chi connectivity index (χ2n) is 4.48. The first-order valence-corrected chi connectivity index (χ1v) is 5.46. The average molecular weight is 189 g/mol. The highest BCUT2D eigenvalue weighted by atomic mass is 16.5. The van der Waals surface area contributed by atoms with E-state index in [2.05, 4.69) is 18.0 Å². The van der Waals surface area contributed by atoms with Gasteiger partial charge in [0.2, 0.25) is 5.88 Å². The smallest absolute Gasteiger partial charge is 0.216 e. The Labute approximate surface area is 84.3 Å². The van der Waals surface area contributed by atoms with Crippen LogP contribution in [-0.2, 0) is 0 Å². The van der Waals surface area contributed by atoms with Crippen LogP contribution in [0.25, 0.3) is 0 Å². The maximum absolute atomic E-state index is 5.70. The fourth-order valence-corrected chi connectivity index (χ4v) is 1.69. The molecule has 0 aliphatic heterocycles. The first-order chi connectivity index (χ1) is 6.83. The van der Waals surface area contributed by atoms with E-state index < -0.39 is 0 Å².